The lowest BCUT2D eigenvalue weighted by atomic mass is 10.1. The van der Waals surface area contributed by atoms with Gasteiger partial charge in [0.15, 0.2) is 0 Å². The van der Waals surface area contributed by atoms with E-state index in [9.17, 15) is 4.79 Å². The Morgan fingerprint density at radius 3 is 2.80 bits per heavy atom. The number of aromatic nitrogens is 1. The van der Waals surface area contributed by atoms with E-state index in [-0.39, 0.29) is 5.76 Å². The van der Waals surface area contributed by atoms with Crippen molar-refractivity contribution in [2.75, 3.05) is 0 Å². The molecular weight excluding hydrogens is 194 g/mol. The van der Waals surface area contributed by atoms with Gasteiger partial charge in [-0.25, -0.2) is 4.79 Å². The second-order valence-electron chi connectivity index (χ2n) is 3.25. The van der Waals surface area contributed by atoms with Crippen LogP contribution in [-0.2, 0) is 0 Å². The number of nitrogens with zero attached hydrogens (tertiary/aromatic N) is 1. The highest BCUT2D eigenvalue weighted by Gasteiger charge is 2.11. The van der Waals surface area contributed by atoms with Crippen molar-refractivity contribution in [2.24, 2.45) is 0 Å². The second-order valence-corrected chi connectivity index (χ2v) is 3.25. The molecule has 76 valence electrons. The van der Waals surface area contributed by atoms with E-state index in [0.29, 0.717) is 5.69 Å². The Morgan fingerprint density at radius 2 is 2.20 bits per heavy atom. The monoisotopic (exact) mass is 203 g/mol. The van der Waals surface area contributed by atoms with Gasteiger partial charge in [-0.3, -0.25) is 0 Å². The number of carbonyl (C=O) groups is 1. The molecule has 1 heterocycles. The molecule has 1 aromatic carbocycles. The van der Waals surface area contributed by atoms with Gasteiger partial charge >= 0.3 is 5.97 Å². The van der Waals surface area contributed by atoms with Gasteiger partial charge in [-0.15, -0.1) is 0 Å². The molecule has 0 spiro atoms. The molecule has 0 saturated carbocycles. The zero-order valence-electron chi connectivity index (χ0n) is 8.10. The lowest BCUT2D eigenvalue weighted by Gasteiger charge is -1.95. The minimum atomic E-state index is -1.11. The van der Waals surface area contributed by atoms with E-state index in [1.807, 2.05) is 31.2 Å². The number of hydrogen-bond donors (Lipinski definition) is 1. The van der Waals surface area contributed by atoms with Gasteiger partial charge in [0.1, 0.15) is 5.69 Å². The molecule has 0 aliphatic heterocycles. The van der Waals surface area contributed by atoms with Gasteiger partial charge in [0.2, 0.25) is 5.76 Å². The summed E-state index contributed by atoms with van der Waals surface area (Å²) < 4.78 is 4.67. The van der Waals surface area contributed by atoms with E-state index in [0.717, 1.165) is 11.1 Å². The fourth-order valence-electron chi connectivity index (χ4n) is 1.32. The van der Waals surface area contributed by atoms with Crippen LogP contribution in [0.2, 0.25) is 0 Å². The van der Waals surface area contributed by atoms with Crippen molar-refractivity contribution >= 4 is 5.97 Å². The zero-order valence-corrected chi connectivity index (χ0v) is 8.10. The molecule has 4 heteroatoms. The molecule has 0 unspecified atom stereocenters. The number of carboxylic acids is 1. The number of aryl methyl sites for hydroxylation is 1. The smallest absolute Gasteiger partial charge is 0.374 e. The molecule has 4 nitrogen and oxygen atoms in total. The summed E-state index contributed by atoms with van der Waals surface area (Å²) in [5.74, 6) is -1.26. The average molecular weight is 203 g/mol. The first-order chi connectivity index (χ1) is 7.16. The van der Waals surface area contributed by atoms with E-state index in [2.05, 4.69) is 9.68 Å². The number of carboxylic acid groups (broad SMARTS) is 1. The van der Waals surface area contributed by atoms with Gasteiger partial charge < -0.3 is 9.63 Å². The molecule has 0 fully saturated rings. The number of benzene rings is 1. The van der Waals surface area contributed by atoms with Crippen LogP contribution in [0, 0.1) is 6.92 Å². The Labute approximate surface area is 86.1 Å². The Balaban J connectivity index is 2.41. The SMILES string of the molecule is Cc1cccc(-c2cc(C(=O)O)on2)c1. The normalized spacial score (nSPS) is 10.2. The molecule has 0 radical (unpaired) electrons. The fourth-order valence-corrected chi connectivity index (χ4v) is 1.32. The lowest BCUT2D eigenvalue weighted by molar-refractivity contribution is 0.0652. The van der Waals surface area contributed by atoms with Crippen molar-refractivity contribution in [3.05, 3.63) is 41.7 Å². The first-order valence-electron chi connectivity index (χ1n) is 4.44. The molecule has 0 aliphatic rings. The fraction of sp³-hybridized carbons (Fsp3) is 0.0909. The molecule has 0 aliphatic carbocycles. The largest absolute Gasteiger partial charge is 0.475 e. The molecular formula is C11H9NO3. The topological polar surface area (TPSA) is 63.3 Å². The van der Waals surface area contributed by atoms with Crippen LogP contribution in [0.5, 0.6) is 0 Å². The highest BCUT2D eigenvalue weighted by Crippen LogP contribution is 2.19. The highest BCUT2D eigenvalue weighted by molar-refractivity contribution is 5.85. The van der Waals surface area contributed by atoms with Crippen molar-refractivity contribution in [1.82, 2.24) is 5.16 Å². The maximum atomic E-state index is 10.6. The van der Waals surface area contributed by atoms with Crippen LogP contribution in [0.25, 0.3) is 11.3 Å². The van der Waals surface area contributed by atoms with Crippen molar-refractivity contribution in [3.8, 4) is 11.3 Å². The maximum absolute atomic E-state index is 10.6. The van der Waals surface area contributed by atoms with Crippen LogP contribution in [0.3, 0.4) is 0 Å². The first-order valence-corrected chi connectivity index (χ1v) is 4.44. The summed E-state index contributed by atoms with van der Waals surface area (Å²) in [5, 5.41) is 12.4. The molecule has 0 bridgehead atoms. The minimum absolute atomic E-state index is 0.147. The standard InChI is InChI=1S/C11H9NO3/c1-7-3-2-4-8(5-7)9-6-10(11(13)14)15-12-9/h2-6H,1H3,(H,13,14). The summed E-state index contributed by atoms with van der Waals surface area (Å²) in [7, 11) is 0. The van der Waals surface area contributed by atoms with E-state index >= 15 is 0 Å². The quantitative estimate of drug-likeness (QED) is 0.813. The van der Waals surface area contributed by atoms with Gasteiger partial charge in [0, 0.05) is 11.6 Å². The van der Waals surface area contributed by atoms with Crippen LogP contribution in [-0.4, -0.2) is 16.2 Å². The van der Waals surface area contributed by atoms with Crippen molar-refractivity contribution in [3.63, 3.8) is 0 Å². The van der Waals surface area contributed by atoms with Crippen LogP contribution >= 0.6 is 0 Å². The van der Waals surface area contributed by atoms with Crippen LogP contribution in [0.1, 0.15) is 16.1 Å². The molecule has 0 atom stereocenters. The molecule has 2 rings (SSSR count). The number of aromatic carboxylic acids is 1. The van der Waals surface area contributed by atoms with E-state index < -0.39 is 5.97 Å². The molecule has 2 aromatic rings. The third kappa shape index (κ3) is 1.88. The summed E-state index contributed by atoms with van der Waals surface area (Å²) in [4.78, 5) is 10.6. The van der Waals surface area contributed by atoms with E-state index in [1.165, 1.54) is 6.07 Å². The Bertz CT molecular complexity index is 502. The van der Waals surface area contributed by atoms with Gasteiger partial charge in [0.25, 0.3) is 0 Å². The maximum Gasteiger partial charge on any atom is 0.374 e. The summed E-state index contributed by atoms with van der Waals surface area (Å²) >= 11 is 0. The van der Waals surface area contributed by atoms with E-state index in [1.54, 1.807) is 0 Å². The van der Waals surface area contributed by atoms with Gasteiger partial charge in [-0.2, -0.15) is 0 Å². The summed E-state index contributed by atoms with van der Waals surface area (Å²) in [6, 6.07) is 9.04. The van der Waals surface area contributed by atoms with Crippen LogP contribution < -0.4 is 0 Å². The number of hydrogen-bond acceptors (Lipinski definition) is 3. The lowest BCUT2D eigenvalue weighted by Crippen LogP contribution is -1.91. The van der Waals surface area contributed by atoms with Crippen LogP contribution in [0.15, 0.2) is 34.9 Å². The Kier molecular flexibility index (Phi) is 2.25. The number of rotatable bonds is 2. The highest BCUT2D eigenvalue weighted by atomic mass is 16.5. The summed E-state index contributed by atoms with van der Waals surface area (Å²) in [6.45, 7) is 1.96. The Morgan fingerprint density at radius 1 is 1.40 bits per heavy atom. The molecule has 1 N–H and O–H groups in total. The molecule has 0 amide bonds. The predicted octanol–water partition coefficient (Wildman–Crippen LogP) is 2.35. The van der Waals surface area contributed by atoms with Gasteiger partial charge in [-0.1, -0.05) is 28.9 Å². The summed E-state index contributed by atoms with van der Waals surface area (Å²) in [6.07, 6.45) is 0. The third-order valence-corrected chi connectivity index (χ3v) is 2.03. The average Bonchev–Trinajstić information content (AvgIpc) is 2.66. The second kappa shape index (κ2) is 3.57. The van der Waals surface area contributed by atoms with Crippen molar-refractivity contribution in [1.29, 1.82) is 0 Å². The van der Waals surface area contributed by atoms with Gasteiger partial charge in [0.05, 0.1) is 0 Å². The van der Waals surface area contributed by atoms with E-state index in [4.69, 9.17) is 5.11 Å². The molecule has 0 saturated heterocycles. The summed E-state index contributed by atoms with van der Waals surface area (Å²) in [5.41, 5.74) is 2.48. The predicted molar refractivity (Wildman–Crippen MR) is 53.6 cm³/mol. The Hall–Kier alpha value is -2.10. The minimum Gasteiger partial charge on any atom is -0.475 e. The van der Waals surface area contributed by atoms with Crippen LogP contribution in [0.4, 0.5) is 0 Å². The third-order valence-electron chi connectivity index (χ3n) is 2.03. The zero-order chi connectivity index (χ0) is 10.8. The molecule has 1 aromatic heterocycles. The van der Waals surface area contributed by atoms with Gasteiger partial charge in [-0.05, 0) is 13.0 Å². The first kappa shape index (κ1) is 9.45. The van der Waals surface area contributed by atoms with Crippen molar-refractivity contribution in [2.45, 2.75) is 6.92 Å². The van der Waals surface area contributed by atoms with Crippen molar-refractivity contribution < 1.29 is 14.4 Å². The molecule has 15 heavy (non-hydrogen) atoms.